The molecule has 0 radical (unpaired) electrons. The molecule has 0 saturated carbocycles. The van der Waals surface area contributed by atoms with E-state index in [4.69, 9.17) is 20.9 Å². The molecule has 1 aliphatic heterocycles. The lowest BCUT2D eigenvalue weighted by Crippen LogP contribution is -2.58. The molecular formula is C39H58N14O10. The van der Waals surface area contributed by atoms with Crippen molar-refractivity contribution < 1.29 is 48.5 Å². The summed E-state index contributed by atoms with van der Waals surface area (Å²) in [5.41, 5.74) is 12.1. The van der Waals surface area contributed by atoms with Gasteiger partial charge < -0.3 is 68.0 Å². The quantitative estimate of drug-likeness (QED) is 0.0170. The first-order valence-electron chi connectivity index (χ1n) is 20.3. The van der Waals surface area contributed by atoms with E-state index >= 15 is 0 Å². The lowest BCUT2D eigenvalue weighted by molar-refractivity contribution is -0.133. The summed E-state index contributed by atoms with van der Waals surface area (Å²) in [6, 6.07) is 2.08. The summed E-state index contributed by atoms with van der Waals surface area (Å²) in [5.74, 6) is -2.19. The number of anilines is 1. The standard InChI is InChI=1S/C39H58N14O10/c1-22(56)42-14-6-5-8-26(49-29(57)17-44-35(59)25(48-21-55)9-7-15-43-39(40)41)36(60)50-27(16-23-10-12-24(62-4)13-11-23)37(61)51-30-28(18-54)63-38(32(30)58)53-20-47-31-33(52(2)3)45-19-46-34(31)53/h10-13,19-21,25-28,30,32,38,54,58H,5-9,14-18H2,1-4H3,(H,42,56)(H,44,59)(H,48,55)(H,49,57)(H,50,60)(H,51,61)(H4,40,41,43). The van der Waals surface area contributed by atoms with Crippen molar-refractivity contribution in [1.82, 2.24) is 51.4 Å². The number of carbonyl (C=O) groups excluding carboxylic acids is 6. The molecule has 24 nitrogen and oxygen atoms in total. The van der Waals surface area contributed by atoms with Gasteiger partial charge in [-0.3, -0.25) is 38.3 Å². The predicted octanol–water partition coefficient (Wildman–Crippen LogP) is -3.56. The number of nitrogens with zero attached hydrogens (tertiary/aromatic N) is 6. The largest absolute Gasteiger partial charge is 0.497 e. The lowest BCUT2D eigenvalue weighted by atomic mass is 10.0. The number of nitrogens with two attached hydrogens (primary N) is 2. The number of methoxy groups -OCH3 is 1. The maximum absolute atomic E-state index is 14.3. The Bertz CT molecular complexity index is 2040. The fraction of sp³-hybridized carbons (Fsp3) is 0.538. The van der Waals surface area contributed by atoms with E-state index in [0.29, 0.717) is 60.5 Å². The van der Waals surface area contributed by atoms with Crippen molar-refractivity contribution >= 4 is 58.9 Å². The highest BCUT2D eigenvalue weighted by atomic mass is 16.5. The van der Waals surface area contributed by atoms with E-state index in [1.54, 1.807) is 43.3 Å². The molecule has 0 spiro atoms. The van der Waals surface area contributed by atoms with Crippen LogP contribution < -0.4 is 53.0 Å². The molecule has 0 aliphatic carbocycles. The Balaban J connectivity index is 1.53. The first kappa shape index (κ1) is 49.0. The maximum Gasteiger partial charge on any atom is 0.243 e. The highest BCUT2D eigenvalue weighted by Crippen LogP contribution is 2.32. The summed E-state index contributed by atoms with van der Waals surface area (Å²) in [5, 5.41) is 37.6. The molecule has 1 fully saturated rings. The van der Waals surface area contributed by atoms with Crippen molar-refractivity contribution in [2.45, 2.75) is 88.1 Å². The number of benzene rings is 1. The number of fused-ring (bicyclic) bond motifs is 1. The fourth-order valence-corrected chi connectivity index (χ4v) is 6.82. The van der Waals surface area contributed by atoms with Crippen LogP contribution in [-0.4, -0.2) is 155 Å². The van der Waals surface area contributed by atoms with Crippen LogP contribution >= 0.6 is 0 Å². The first-order chi connectivity index (χ1) is 30.2. The molecule has 3 aromatic rings. The van der Waals surface area contributed by atoms with Gasteiger partial charge in [0.05, 0.1) is 32.6 Å². The predicted molar refractivity (Wildman–Crippen MR) is 228 cm³/mol. The van der Waals surface area contributed by atoms with Gasteiger partial charge in [-0.1, -0.05) is 12.1 Å². The number of hydrogen-bond acceptors (Lipinski definition) is 15. The topological polar surface area (TPSA) is 345 Å². The highest BCUT2D eigenvalue weighted by molar-refractivity contribution is 5.94. The van der Waals surface area contributed by atoms with Gasteiger partial charge in [-0.25, -0.2) is 15.0 Å². The van der Waals surface area contributed by atoms with E-state index in [1.807, 2.05) is 0 Å². The molecular weight excluding hydrogens is 825 g/mol. The maximum atomic E-state index is 14.3. The highest BCUT2D eigenvalue weighted by Gasteiger charge is 2.46. The van der Waals surface area contributed by atoms with Gasteiger partial charge in [0.2, 0.25) is 35.9 Å². The summed E-state index contributed by atoms with van der Waals surface area (Å²) in [7, 11) is 5.07. The van der Waals surface area contributed by atoms with Crippen LogP contribution in [-0.2, 0) is 39.9 Å². The molecule has 24 heteroatoms. The van der Waals surface area contributed by atoms with Gasteiger partial charge in [0, 0.05) is 40.5 Å². The van der Waals surface area contributed by atoms with Gasteiger partial charge in [0.1, 0.15) is 42.4 Å². The van der Waals surface area contributed by atoms with Gasteiger partial charge in [-0.2, -0.15) is 0 Å². The van der Waals surface area contributed by atoms with Crippen molar-refractivity contribution in [3.8, 4) is 5.75 Å². The second-order valence-electron chi connectivity index (χ2n) is 14.9. The number of ether oxygens (including phenoxy) is 2. The molecule has 7 unspecified atom stereocenters. The molecule has 1 aromatic carbocycles. The number of amides is 6. The number of imidazole rings is 1. The van der Waals surface area contributed by atoms with Crippen LogP contribution in [0.4, 0.5) is 5.82 Å². The second kappa shape index (κ2) is 24.1. The van der Waals surface area contributed by atoms with Gasteiger partial charge in [-0.15, -0.1) is 0 Å². The van der Waals surface area contributed by atoms with E-state index in [2.05, 4.69) is 51.8 Å². The minimum atomic E-state index is -1.43. The number of unbranched alkanes of at least 4 members (excludes halogenated alkanes) is 1. The first-order valence-corrected chi connectivity index (χ1v) is 20.3. The third kappa shape index (κ3) is 14.2. The number of hydrogen-bond donors (Lipinski definition) is 10. The van der Waals surface area contributed by atoms with Crippen LogP contribution in [0.1, 0.15) is 50.8 Å². The third-order valence-corrected chi connectivity index (χ3v) is 10.0. The minimum absolute atomic E-state index is 0.0532. The van der Waals surface area contributed by atoms with Crippen LogP contribution in [0.5, 0.6) is 5.75 Å². The Morgan fingerprint density at radius 2 is 1.70 bits per heavy atom. The van der Waals surface area contributed by atoms with Gasteiger partial charge in [0.25, 0.3) is 0 Å². The fourth-order valence-electron chi connectivity index (χ4n) is 6.82. The third-order valence-electron chi connectivity index (χ3n) is 10.0. The Morgan fingerprint density at radius 3 is 2.35 bits per heavy atom. The number of rotatable bonds is 25. The normalized spacial score (nSPS) is 18.3. The zero-order valence-electron chi connectivity index (χ0n) is 35.7. The van der Waals surface area contributed by atoms with Crippen molar-refractivity contribution in [2.24, 2.45) is 16.5 Å². The monoisotopic (exact) mass is 882 g/mol. The lowest BCUT2D eigenvalue weighted by Gasteiger charge is -2.27. The Morgan fingerprint density at radius 1 is 0.968 bits per heavy atom. The number of aliphatic hydroxyl groups excluding tert-OH is 2. The SMILES string of the molecule is COc1ccc(CC(NC(=O)C(CCCCNC(C)=O)NC(=O)CNC(=O)C(CCCN=C(N)N)NC=O)C(=O)NC2C(CO)OC(n3cnc4c(N(C)C)ncnc43)C2O)cc1. The molecule has 1 aliphatic rings. The van der Waals surface area contributed by atoms with Crippen LogP contribution in [0.25, 0.3) is 11.2 Å². The number of aliphatic imine (C=N–C) groups is 1. The molecule has 12 N–H and O–H groups in total. The molecule has 0 bridgehead atoms. The van der Waals surface area contributed by atoms with E-state index in [1.165, 1.54) is 31.3 Å². The van der Waals surface area contributed by atoms with E-state index in [0.717, 1.165) is 0 Å². The van der Waals surface area contributed by atoms with Crippen molar-refractivity contribution in [1.29, 1.82) is 0 Å². The second-order valence-corrected chi connectivity index (χ2v) is 14.9. The Hall–Kier alpha value is -6.66. The molecule has 344 valence electrons. The summed E-state index contributed by atoms with van der Waals surface area (Å²) >= 11 is 0. The van der Waals surface area contributed by atoms with Gasteiger partial charge in [0.15, 0.2) is 29.2 Å². The molecule has 3 heterocycles. The summed E-state index contributed by atoms with van der Waals surface area (Å²) < 4.78 is 12.8. The smallest absolute Gasteiger partial charge is 0.243 e. The van der Waals surface area contributed by atoms with Crippen LogP contribution in [0, 0.1) is 0 Å². The molecule has 63 heavy (non-hydrogen) atoms. The molecule has 1 saturated heterocycles. The van der Waals surface area contributed by atoms with Crippen molar-refractivity contribution in [3.63, 3.8) is 0 Å². The van der Waals surface area contributed by atoms with Gasteiger partial charge in [-0.05, 0) is 49.8 Å². The zero-order valence-corrected chi connectivity index (χ0v) is 35.7. The van der Waals surface area contributed by atoms with Crippen LogP contribution in [0.15, 0.2) is 41.9 Å². The Kier molecular flexibility index (Phi) is 18.7. The number of carbonyl (C=O) groups is 6. The Labute approximate surface area is 363 Å². The molecule has 2 aromatic heterocycles. The molecule has 6 amide bonds. The van der Waals surface area contributed by atoms with Crippen LogP contribution in [0.2, 0.25) is 0 Å². The average molecular weight is 883 g/mol. The zero-order chi connectivity index (χ0) is 46.1. The number of guanidine groups is 1. The number of aliphatic hydroxyl groups is 2. The summed E-state index contributed by atoms with van der Waals surface area (Å²) in [4.78, 5) is 95.7. The summed E-state index contributed by atoms with van der Waals surface area (Å²) in [6.07, 6.45) is 0.784. The van der Waals surface area contributed by atoms with E-state index in [-0.39, 0.29) is 37.7 Å². The van der Waals surface area contributed by atoms with E-state index in [9.17, 15) is 39.0 Å². The number of nitrogens with one attached hydrogen (secondary N) is 6. The average Bonchev–Trinajstić information content (AvgIpc) is 3.82. The van der Waals surface area contributed by atoms with E-state index < -0.39 is 79.4 Å². The number of aromatic nitrogens is 4. The molecule has 4 rings (SSSR count). The summed E-state index contributed by atoms with van der Waals surface area (Å²) in [6.45, 7) is 0.728. The van der Waals surface area contributed by atoms with Crippen molar-refractivity contribution in [2.75, 3.05) is 52.3 Å². The van der Waals surface area contributed by atoms with Gasteiger partial charge >= 0.3 is 0 Å². The molecule has 7 atom stereocenters. The van der Waals surface area contributed by atoms with Crippen LogP contribution in [0.3, 0.4) is 0 Å². The minimum Gasteiger partial charge on any atom is -0.497 e. The van der Waals surface area contributed by atoms with Crippen molar-refractivity contribution in [3.05, 3.63) is 42.5 Å².